The van der Waals surface area contributed by atoms with Crippen LogP contribution in [0.15, 0.2) is 24.3 Å². The molecule has 41 heavy (non-hydrogen) atoms. The number of nitrogens with two attached hydrogens (primary N) is 2. The Bertz CT molecular complexity index is 1130. The van der Waals surface area contributed by atoms with E-state index in [1.54, 1.807) is 12.1 Å². The number of benzene rings is 1. The molecule has 14 heteroatoms. The summed E-state index contributed by atoms with van der Waals surface area (Å²) in [5.41, 5.74) is 11.3. The van der Waals surface area contributed by atoms with Crippen molar-refractivity contribution in [1.29, 1.82) is 0 Å². The van der Waals surface area contributed by atoms with E-state index in [1.165, 1.54) is 24.0 Å². The van der Waals surface area contributed by atoms with Gasteiger partial charge in [-0.05, 0) is 49.8 Å². The van der Waals surface area contributed by atoms with Crippen molar-refractivity contribution in [3.63, 3.8) is 0 Å². The van der Waals surface area contributed by atoms with Gasteiger partial charge in [-0.1, -0.05) is 26.0 Å². The molecule has 1 fully saturated rings. The van der Waals surface area contributed by atoms with Crippen LogP contribution in [0.5, 0.6) is 5.75 Å². The van der Waals surface area contributed by atoms with Gasteiger partial charge in [0, 0.05) is 13.0 Å². The van der Waals surface area contributed by atoms with Gasteiger partial charge < -0.3 is 42.5 Å². The first-order valence-corrected chi connectivity index (χ1v) is 13.5. The Balaban J connectivity index is 2.18. The Morgan fingerprint density at radius 2 is 1.61 bits per heavy atom. The summed E-state index contributed by atoms with van der Waals surface area (Å²) in [6, 6.07) is 0.414. The number of carboxylic acid groups (broad SMARTS) is 1. The number of phenols is 1. The molecule has 1 heterocycles. The zero-order valence-electron chi connectivity index (χ0n) is 23.5. The number of carboxylic acids is 1. The molecule has 0 saturated carbocycles. The first-order valence-electron chi connectivity index (χ1n) is 13.5. The molecule has 1 aromatic rings. The van der Waals surface area contributed by atoms with Crippen LogP contribution in [0.1, 0.15) is 52.0 Å². The van der Waals surface area contributed by atoms with Crippen LogP contribution in [0.2, 0.25) is 0 Å². The van der Waals surface area contributed by atoms with Gasteiger partial charge in [0.2, 0.25) is 29.5 Å². The minimum atomic E-state index is -1.23. The molecular weight excluding hydrogens is 536 g/mol. The normalized spacial score (nSPS) is 17.7. The summed E-state index contributed by atoms with van der Waals surface area (Å²) >= 11 is 0. The van der Waals surface area contributed by atoms with Gasteiger partial charge in [-0.2, -0.15) is 0 Å². The van der Waals surface area contributed by atoms with Crippen LogP contribution in [-0.2, 0) is 35.2 Å². The zero-order valence-corrected chi connectivity index (χ0v) is 23.5. The number of nitrogens with one attached hydrogen (secondary N) is 3. The van der Waals surface area contributed by atoms with E-state index in [0.717, 1.165) is 0 Å². The van der Waals surface area contributed by atoms with Gasteiger partial charge in [-0.15, -0.1) is 0 Å². The van der Waals surface area contributed by atoms with Crippen molar-refractivity contribution in [2.24, 2.45) is 17.4 Å². The van der Waals surface area contributed by atoms with Crippen molar-refractivity contribution in [3.8, 4) is 5.75 Å². The number of aliphatic carboxylic acids is 1. The maximum atomic E-state index is 13.4. The van der Waals surface area contributed by atoms with Crippen LogP contribution in [0, 0.1) is 5.92 Å². The first-order chi connectivity index (χ1) is 19.2. The van der Waals surface area contributed by atoms with Crippen molar-refractivity contribution in [2.75, 3.05) is 6.54 Å². The summed E-state index contributed by atoms with van der Waals surface area (Å²) in [5, 5.41) is 26.8. The van der Waals surface area contributed by atoms with E-state index in [4.69, 9.17) is 11.5 Å². The molecule has 2 rings (SSSR count). The highest BCUT2D eigenvalue weighted by atomic mass is 16.4. The highest BCUT2D eigenvalue weighted by Gasteiger charge is 2.38. The number of carbonyl (C=O) groups is 6. The molecule has 0 bridgehead atoms. The topological polar surface area (TPSA) is 234 Å². The Morgan fingerprint density at radius 1 is 0.976 bits per heavy atom. The van der Waals surface area contributed by atoms with E-state index >= 15 is 0 Å². The lowest BCUT2D eigenvalue weighted by molar-refractivity contribution is -0.143. The Kier molecular flexibility index (Phi) is 12.1. The second-order valence-electron chi connectivity index (χ2n) is 10.7. The molecule has 0 unspecified atom stereocenters. The standard InChI is InChI=1S/C27H40N6O8/c1-14(2)11-20(27(40)41)32-24(37)19(12-16-6-8-17(34)9-7-16)31-25(38)21-5-4-10-33(21)26(39)15(3)30-23(36)18(28)13-22(29)35/h6-9,14-15,18-21,34H,4-5,10-13,28H2,1-3H3,(H2,29,35)(H,30,36)(H,31,38)(H,32,37)(H,40,41)/t15-,18-,19-,20-,21-/m0/s1. The number of likely N-dealkylation sites (tertiary alicyclic amines) is 1. The number of aromatic hydroxyl groups is 1. The highest BCUT2D eigenvalue weighted by Crippen LogP contribution is 2.20. The summed E-state index contributed by atoms with van der Waals surface area (Å²) in [5.74, 6) is -4.61. The SMILES string of the molecule is CC(C)C[C@H](NC(=O)[C@H](Cc1ccc(O)cc1)NC(=O)[C@@H]1CCCN1C(=O)[C@H](C)NC(=O)[C@@H](N)CC(N)=O)C(=O)O. The number of amides is 5. The fourth-order valence-corrected chi connectivity index (χ4v) is 4.55. The van der Waals surface area contributed by atoms with E-state index in [-0.39, 0.29) is 31.1 Å². The van der Waals surface area contributed by atoms with Crippen LogP contribution in [0.4, 0.5) is 0 Å². The number of primary amides is 1. The number of hydrogen-bond donors (Lipinski definition) is 7. The van der Waals surface area contributed by atoms with Gasteiger partial charge in [-0.25, -0.2) is 4.79 Å². The largest absolute Gasteiger partial charge is 0.508 e. The van der Waals surface area contributed by atoms with Gasteiger partial charge in [0.05, 0.1) is 12.5 Å². The summed E-state index contributed by atoms with van der Waals surface area (Å²) < 4.78 is 0. The molecule has 0 radical (unpaired) electrons. The minimum Gasteiger partial charge on any atom is -0.508 e. The molecule has 0 spiro atoms. The van der Waals surface area contributed by atoms with E-state index in [1.807, 2.05) is 13.8 Å². The molecule has 226 valence electrons. The van der Waals surface area contributed by atoms with Crippen LogP contribution in [0.3, 0.4) is 0 Å². The third kappa shape index (κ3) is 10.0. The van der Waals surface area contributed by atoms with Crippen molar-refractivity contribution >= 4 is 35.5 Å². The second-order valence-corrected chi connectivity index (χ2v) is 10.7. The van der Waals surface area contributed by atoms with E-state index in [9.17, 15) is 39.0 Å². The van der Waals surface area contributed by atoms with E-state index in [2.05, 4.69) is 16.0 Å². The molecule has 9 N–H and O–H groups in total. The molecule has 1 saturated heterocycles. The summed E-state index contributed by atoms with van der Waals surface area (Å²) in [6.45, 7) is 5.29. The maximum Gasteiger partial charge on any atom is 0.326 e. The minimum absolute atomic E-state index is 0.00323. The monoisotopic (exact) mass is 576 g/mol. The lowest BCUT2D eigenvalue weighted by Gasteiger charge is -2.29. The molecule has 14 nitrogen and oxygen atoms in total. The Labute approximate surface area is 238 Å². The Morgan fingerprint density at radius 3 is 2.17 bits per heavy atom. The van der Waals surface area contributed by atoms with Crippen LogP contribution >= 0.6 is 0 Å². The predicted molar refractivity (Wildman–Crippen MR) is 147 cm³/mol. The Hall–Kier alpha value is -4.20. The molecule has 5 amide bonds. The van der Waals surface area contributed by atoms with Crippen molar-refractivity contribution < 1.29 is 39.0 Å². The third-order valence-corrected chi connectivity index (χ3v) is 6.66. The number of carbonyl (C=O) groups excluding carboxylic acids is 5. The highest BCUT2D eigenvalue weighted by molar-refractivity contribution is 5.96. The van der Waals surface area contributed by atoms with Crippen LogP contribution < -0.4 is 27.4 Å². The van der Waals surface area contributed by atoms with Gasteiger partial charge in [0.25, 0.3) is 0 Å². The molecular formula is C27H40N6O8. The third-order valence-electron chi connectivity index (χ3n) is 6.66. The van der Waals surface area contributed by atoms with Crippen molar-refractivity contribution in [3.05, 3.63) is 29.8 Å². The summed E-state index contributed by atoms with van der Waals surface area (Å²) in [7, 11) is 0. The van der Waals surface area contributed by atoms with Gasteiger partial charge in [0.15, 0.2) is 0 Å². The molecule has 1 aliphatic heterocycles. The maximum absolute atomic E-state index is 13.4. The molecule has 5 atom stereocenters. The lowest BCUT2D eigenvalue weighted by atomic mass is 10.0. The van der Waals surface area contributed by atoms with Gasteiger partial charge in [-0.3, -0.25) is 24.0 Å². The van der Waals surface area contributed by atoms with Crippen LogP contribution in [0.25, 0.3) is 0 Å². The number of rotatable bonds is 14. The quantitative estimate of drug-likeness (QED) is 0.140. The summed E-state index contributed by atoms with van der Waals surface area (Å²) in [6.07, 6.45) is 0.579. The molecule has 1 aliphatic rings. The van der Waals surface area contributed by atoms with Gasteiger partial charge in [0.1, 0.15) is 29.9 Å². The number of nitrogens with zero attached hydrogens (tertiary/aromatic N) is 1. The zero-order chi connectivity index (χ0) is 30.9. The first kappa shape index (κ1) is 33.0. The average Bonchev–Trinajstić information content (AvgIpc) is 3.38. The fraction of sp³-hybridized carbons (Fsp3) is 0.556. The fourth-order valence-electron chi connectivity index (χ4n) is 4.55. The summed E-state index contributed by atoms with van der Waals surface area (Å²) in [4.78, 5) is 76.1. The van der Waals surface area contributed by atoms with Crippen LogP contribution in [-0.4, -0.2) is 87.4 Å². The smallest absolute Gasteiger partial charge is 0.326 e. The average molecular weight is 577 g/mol. The number of phenolic OH excluding ortho intramolecular Hbond substituents is 1. The molecule has 0 aromatic heterocycles. The number of hydrogen-bond acceptors (Lipinski definition) is 8. The molecule has 0 aliphatic carbocycles. The van der Waals surface area contributed by atoms with Crippen molar-refractivity contribution in [2.45, 2.75) is 83.1 Å². The lowest BCUT2D eigenvalue weighted by Crippen LogP contribution is -2.58. The van der Waals surface area contributed by atoms with E-state index in [0.29, 0.717) is 18.4 Å². The van der Waals surface area contributed by atoms with E-state index < -0.39 is 72.1 Å². The van der Waals surface area contributed by atoms with Gasteiger partial charge >= 0.3 is 5.97 Å². The second kappa shape index (κ2) is 15.0. The predicted octanol–water partition coefficient (Wildman–Crippen LogP) is -1.27. The molecule has 1 aromatic carbocycles. The van der Waals surface area contributed by atoms with Crippen molar-refractivity contribution in [1.82, 2.24) is 20.9 Å².